The average molecular weight is 342 g/mol. The molecule has 0 aliphatic heterocycles. The Balaban J connectivity index is 1.96. The van der Waals surface area contributed by atoms with Crippen LogP contribution in [0.25, 0.3) is 0 Å². The molecule has 0 radical (unpaired) electrons. The molecule has 2 N–H and O–H groups in total. The van der Waals surface area contributed by atoms with Crippen molar-refractivity contribution in [2.24, 2.45) is 5.92 Å². The molecule has 5 heteroatoms. The lowest BCUT2D eigenvalue weighted by molar-refractivity contribution is 0.0950. The number of amides is 2. The molecular weight excluding hydrogens is 319 g/mol. The molecule has 0 aliphatic carbocycles. The van der Waals surface area contributed by atoms with Crippen LogP contribution < -0.4 is 10.6 Å². The number of rotatable bonds is 7. The Hall–Kier alpha value is -2.69. The van der Waals surface area contributed by atoms with Gasteiger partial charge in [0, 0.05) is 29.8 Å². The SMILES string of the molecule is CC(C)CCNC(=O)c1cccc(C(=O)NCc2ccccc2F)c1. The first-order chi connectivity index (χ1) is 12.0. The standard InChI is InChI=1S/C20H23FN2O2/c1-14(2)10-11-22-19(24)15-7-5-8-16(12-15)20(25)23-13-17-6-3-4-9-18(17)21/h3-9,12,14H,10-11,13H2,1-2H3,(H,22,24)(H,23,25). The Morgan fingerprint density at radius 3 is 2.24 bits per heavy atom. The molecule has 2 aromatic carbocycles. The van der Waals surface area contributed by atoms with E-state index in [1.54, 1.807) is 42.5 Å². The fourth-order valence-corrected chi connectivity index (χ4v) is 2.30. The van der Waals surface area contributed by atoms with E-state index in [0.717, 1.165) is 6.42 Å². The predicted octanol–water partition coefficient (Wildman–Crippen LogP) is 3.53. The minimum atomic E-state index is -0.360. The highest BCUT2D eigenvalue weighted by Crippen LogP contribution is 2.08. The molecule has 2 amide bonds. The van der Waals surface area contributed by atoms with Crippen LogP contribution in [0.2, 0.25) is 0 Å². The van der Waals surface area contributed by atoms with Gasteiger partial charge in [0.25, 0.3) is 11.8 Å². The van der Waals surface area contributed by atoms with Crippen LogP contribution in [0.5, 0.6) is 0 Å². The topological polar surface area (TPSA) is 58.2 Å². The van der Waals surface area contributed by atoms with E-state index in [2.05, 4.69) is 24.5 Å². The molecule has 0 fully saturated rings. The predicted molar refractivity (Wildman–Crippen MR) is 95.8 cm³/mol. The molecular formula is C20H23FN2O2. The highest BCUT2D eigenvalue weighted by molar-refractivity contribution is 5.99. The molecule has 0 atom stereocenters. The molecule has 0 aliphatic rings. The van der Waals surface area contributed by atoms with E-state index < -0.39 is 0 Å². The molecule has 0 heterocycles. The lowest BCUT2D eigenvalue weighted by atomic mass is 10.1. The quantitative estimate of drug-likeness (QED) is 0.809. The van der Waals surface area contributed by atoms with Crippen molar-refractivity contribution in [3.63, 3.8) is 0 Å². The molecule has 0 bridgehead atoms. The first-order valence-corrected chi connectivity index (χ1v) is 8.37. The molecule has 0 aromatic heterocycles. The number of hydrogen-bond acceptors (Lipinski definition) is 2. The van der Waals surface area contributed by atoms with Gasteiger partial charge in [-0.05, 0) is 36.6 Å². The zero-order chi connectivity index (χ0) is 18.2. The van der Waals surface area contributed by atoms with Crippen LogP contribution in [0.15, 0.2) is 48.5 Å². The van der Waals surface area contributed by atoms with Crippen LogP contribution in [0.3, 0.4) is 0 Å². The van der Waals surface area contributed by atoms with E-state index >= 15 is 0 Å². The van der Waals surface area contributed by atoms with Crippen LogP contribution in [-0.2, 0) is 6.54 Å². The highest BCUT2D eigenvalue weighted by Gasteiger charge is 2.11. The van der Waals surface area contributed by atoms with Gasteiger partial charge in [-0.1, -0.05) is 38.1 Å². The Morgan fingerprint density at radius 2 is 1.60 bits per heavy atom. The van der Waals surface area contributed by atoms with Gasteiger partial charge in [0.15, 0.2) is 0 Å². The van der Waals surface area contributed by atoms with Gasteiger partial charge in [0.2, 0.25) is 0 Å². The van der Waals surface area contributed by atoms with Crippen molar-refractivity contribution < 1.29 is 14.0 Å². The van der Waals surface area contributed by atoms with Gasteiger partial charge < -0.3 is 10.6 Å². The van der Waals surface area contributed by atoms with Crippen LogP contribution >= 0.6 is 0 Å². The summed E-state index contributed by atoms with van der Waals surface area (Å²) in [6, 6.07) is 12.8. The van der Waals surface area contributed by atoms with Gasteiger partial charge in [-0.2, -0.15) is 0 Å². The summed E-state index contributed by atoms with van der Waals surface area (Å²) in [6.07, 6.45) is 0.897. The maximum atomic E-state index is 13.6. The fraction of sp³-hybridized carbons (Fsp3) is 0.300. The Kier molecular flexibility index (Phi) is 6.69. The van der Waals surface area contributed by atoms with Crippen molar-refractivity contribution in [3.8, 4) is 0 Å². The maximum Gasteiger partial charge on any atom is 0.251 e. The van der Waals surface area contributed by atoms with Gasteiger partial charge in [0.05, 0.1) is 0 Å². The van der Waals surface area contributed by atoms with Crippen LogP contribution in [0.1, 0.15) is 46.5 Å². The van der Waals surface area contributed by atoms with Crippen molar-refractivity contribution in [1.29, 1.82) is 0 Å². The number of nitrogens with one attached hydrogen (secondary N) is 2. The van der Waals surface area contributed by atoms with Crippen molar-refractivity contribution in [2.45, 2.75) is 26.8 Å². The molecule has 0 saturated heterocycles. The third kappa shape index (κ3) is 5.71. The lowest BCUT2D eigenvalue weighted by Crippen LogP contribution is -2.26. The summed E-state index contributed by atoms with van der Waals surface area (Å²) < 4.78 is 13.6. The van der Waals surface area contributed by atoms with Gasteiger partial charge >= 0.3 is 0 Å². The van der Waals surface area contributed by atoms with Gasteiger partial charge in [-0.25, -0.2) is 4.39 Å². The van der Waals surface area contributed by atoms with Crippen molar-refractivity contribution in [1.82, 2.24) is 10.6 Å². The normalized spacial score (nSPS) is 10.6. The summed E-state index contributed by atoms with van der Waals surface area (Å²) in [4.78, 5) is 24.4. The van der Waals surface area contributed by atoms with Gasteiger partial charge in [0.1, 0.15) is 5.82 Å². The first-order valence-electron chi connectivity index (χ1n) is 8.37. The third-order valence-electron chi connectivity index (χ3n) is 3.79. The zero-order valence-electron chi connectivity index (χ0n) is 14.5. The summed E-state index contributed by atoms with van der Waals surface area (Å²) in [5.41, 5.74) is 1.22. The molecule has 0 spiro atoms. The van der Waals surface area contributed by atoms with E-state index in [9.17, 15) is 14.0 Å². The largest absolute Gasteiger partial charge is 0.352 e. The number of benzene rings is 2. The summed E-state index contributed by atoms with van der Waals surface area (Å²) >= 11 is 0. The maximum absolute atomic E-state index is 13.6. The molecule has 0 unspecified atom stereocenters. The van der Waals surface area contributed by atoms with Gasteiger partial charge in [-0.15, -0.1) is 0 Å². The van der Waals surface area contributed by atoms with Crippen molar-refractivity contribution in [2.75, 3.05) is 6.54 Å². The second kappa shape index (κ2) is 8.97. The smallest absolute Gasteiger partial charge is 0.251 e. The first kappa shape index (κ1) is 18.6. The third-order valence-corrected chi connectivity index (χ3v) is 3.79. The van der Waals surface area contributed by atoms with E-state index in [4.69, 9.17) is 0 Å². The number of carbonyl (C=O) groups is 2. The van der Waals surface area contributed by atoms with Crippen LogP contribution in [-0.4, -0.2) is 18.4 Å². The minimum Gasteiger partial charge on any atom is -0.352 e. The van der Waals surface area contributed by atoms with E-state index in [0.29, 0.717) is 29.2 Å². The Bertz CT molecular complexity index is 744. The number of halogens is 1. The molecule has 4 nitrogen and oxygen atoms in total. The van der Waals surface area contributed by atoms with Crippen molar-refractivity contribution in [3.05, 3.63) is 71.0 Å². The van der Waals surface area contributed by atoms with E-state index in [-0.39, 0.29) is 24.2 Å². The monoisotopic (exact) mass is 342 g/mol. The lowest BCUT2D eigenvalue weighted by Gasteiger charge is -2.09. The molecule has 2 aromatic rings. The molecule has 132 valence electrons. The summed E-state index contributed by atoms with van der Waals surface area (Å²) in [6.45, 7) is 4.87. The average Bonchev–Trinajstić information content (AvgIpc) is 2.60. The van der Waals surface area contributed by atoms with Gasteiger partial charge in [-0.3, -0.25) is 9.59 Å². The summed E-state index contributed by atoms with van der Waals surface area (Å²) in [5.74, 6) is -0.402. The highest BCUT2D eigenvalue weighted by atomic mass is 19.1. The molecule has 25 heavy (non-hydrogen) atoms. The van der Waals surface area contributed by atoms with Crippen molar-refractivity contribution >= 4 is 11.8 Å². The minimum absolute atomic E-state index is 0.0936. The summed E-state index contributed by atoms with van der Waals surface area (Å²) in [7, 11) is 0. The van der Waals surface area contributed by atoms with E-state index in [1.807, 2.05) is 0 Å². The second-order valence-corrected chi connectivity index (χ2v) is 6.29. The Morgan fingerprint density at radius 1 is 0.960 bits per heavy atom. The molecule has 0 saturated carbocycles. The fourth-order valence-electron chi connectivity index (χ4n) is 2.30. The molecule has 2 rings (SSSR count). The zero-order valence-corrected chi connectivity index (χ0v) is 14.5. The number of hydrogen-bond donors (Lipinski definition) is 2. The van der Waals surface area contributed by atoms with Crippen LogP contribution in [0, 0.1) is 11.7 Å². The van der Waals surface area contributed by atoms with E-state index in [1.165, 1.54) is 6.07 Å². The summed E-state index contributed by atoms with van der Waals surface area (Å²) in [5, 5.41) is 5.51. The second-order valence-electron chi connectivity index (χ2n) is 6.29. The number of carbonyl (C=O) groups excluding carboxylic acids is 2. The van der Waals surface area contributed by atoms with Crippen LogP contribution in [0.4, 0.5) is 4.39 Å². The Labute approximate surface area is 147 Å².